The molecule has 0 fully saturated rings. The summed E-state index contributed by atoms with van der Waals surface area (Å²) in [4.78, 5) is 15.8. The summed E-state index contributed by atoms with van der Waals surface area (Å²) in [6, 6.07) is 11.5. The molecule has 3 nitrogen and oxygen atoms in total. The molecule has 0 aliphatic rings. The second kappa shape index (κ2) is 6.34. The number of halogens is 1. The van der Waals surface area contributed by atoms with Crippen molar-refractivity contribution in [1.29, 1.82) is 0 Å². The van der Waals surface area contributed by atoms with Crippen LogP contribution in [0.5, 0.6) is 0 Å². The van der Waals surface area contributed by atoms with Gasteiger partial charge in [-0.1, -0.05) is 35.9 Å². The van der Waals surface area contributed by atoms with Gasteiger partial charge < -0.3 is 5.32 Å². The molecule has 1 aromatic carbocycles. The Labute approximate surface area is 117 Å². The van der Waals surface area contributed by atoms with Gasteiger partial charge in [0.1, 0.15) is 0 Å². The summed E-state index contributed by atoms with van der Waals surface area (Å²) in [6.07, 6.45) is 2.73. The number of nitrogens with one attached hydrogen (secondary N) is 1. The molecule has 0 unspecified atom stereocenters. The molecule has 1 N–H and O–H groups in total. The molecule has 4 heteroatoms. The van der Waals surface area contributed by atoms with Gasteiger partial charge in [-0.25, -0.2) is 4.98 Å². The van der Waals surface area contributed by atoms with Crippen LogP contribution in [0, 0.1) is 6.92 Å². The highest BCUT2D eigenvalue weighted by molar-refractivity contribution is 6.32. The maximum Gasteiger partial charge on any atom is 0.224 e. The monoisotopic (exact) mass is 274 g/mol. The topological polar surface area (TPSA) is 42.0 Å². The van der Waals surface area contributed by atoms with E-state index in [-0.39, 0.29) is 5.91 Å². The van der Waals surface area contributed by atoms with Crippen LogP contribution in [0.4, 0.5) is 5.69 Å². The molecule has 19 heavy (non-hydrogen) atoms. The summed E-state index contributed by atoms with van der Waals surface area (Å²) in [5.74, 6) is -0.0573. The minimum atomic E-state index is -0.0573. The lowest BCUT2D eigenvalue weighted by Crippen LogP contribution is -2.13. The lowest BCUT2D eigenvalue weighted by atomic mass is 10.0. The molecule has 1 amide bonds. The largest absolute Gasteiger partial charge is 0.323 e. The van der Waals surface area contributed by atoms with Gasteiger partial charge in [0.2, 0.25) is 5.91 Å². The molecule has 2 aromatic rings. The Kier molecular flexibility index (Phi) is 4.53. The van der Waals surface area contributed by atoms with Crippen molar-refractivity contribution in [2.75, 3.05) is 5.32 Å². The van der Waals surface area contributed by atoms with Gasteiger partial charge in [-0.2, -0.15) is 0 Å². The van der Waals surface area contributed by atoms with Crippen LogP contribution in [-0.2, 0) is 11.2 Å². The van der Waals surface area contributed by atoms with E-state index < -0.39 is 0 Å². The molecular weight excluding hydrogens is 260 g/mol. The van der Waals surface area contributed by atoms with E-state index in [1.807, 2.05) is 31.2 Å². The van der Waals surface area contributed by atoms with Crippen molar-refractivity contribution in [2.45, 2.75) is 19.8 Å². The summed E-state index contributed by atoms with van der Waals surface area (Å²) >= 11 is 5.88. The van der Waals surface area contributed by atoms with Gasteiger partial charge in [-0.3, -0.25) is 4.79 Å². The van der Waals surface area contributed by atoms with Crippen LogP contribution in [0.1, 0.15) is 17.5 Å². The summed E-state index contributed by atoms with van der Waals surface area (Å²) in [7, 11) is 0. The molecule has 1 heterocycles. The fraction of sp³-hybridized carbons (Fsp3) is 0.200. The van der Waals surface area contributed by atoms with Gasteiger partial charge in [0.25, 0.3) is 0 Å². The van der Waals surface area contributed by atoms with Crippen LogP contribution in [0.2, 0.25) is 5.15 Å². The van der Waals surface area contributed by atoms with Gasteiger partial charge in [-0.05, 0) is 36.6 Å². The summed E-state index contributed by atoms with van der Waals surface area (Å²) in [5, 5.41) is 3.08. The van der Waals surface area contributed by atoms with E-state index in [1.54, 1.807) is 18.3 Å². The molecule has 0 radical (unpaired) electrons. The number of rotatable bonds is 4. The van der Waals surface area contributed by atoms with E-state index >= 15 is 0 Å². The third-order valence-corrected chi connectivity index (χ3v) is 3.22. The van der Waals surface area contributed by atoms with Crippen LogP contribution >= 0.6 is 11.6 Å². The van der Waals surface area contributed by atoms with Crippen LogP contribution in [-0.4, -0.2) is 10.9 Å². The molecule has 0 saturated heterocycles. The normalized spacial score (nSPS) is 10.2. The zero-order valence-electron chi connectivity index (χ0n) is 10.7. The average Bonchev–Trinajstić information content (AvgIpc) is 2.40. The number of benzene rings is 1. The van der Waals surface area contributed by atoms with Crippen molar-refractivity contribution in [3.05, 3.63) is 58.9 Å². The van der Waals surface area contributed by atoms with E-state index in [0.717, 1.165) is 6.42 Å². The SMILES string of the molecule is Cc1ccccc1CCC(=O)Nc1cccnc1Cl. The zero-order chi connectivity index (χ0) is 13.7. The van der Waals surface area contributed by atoms with Crippen molar-refractivity contribution < 1.29 is 4.79 Å². The predicted molar refractivity (Wildman–Crippen MR) is 77.4 cm³/mol. The number of aryl methyl sites for hydroxylation is 2. The zero-order valence-corrected chi connectivity index (χ0v) is 11.4. The highest BCUT2D eigenvalue weighted by Gasteiger charge is 2.07. The maximum absolute atomic E-state index is 11.9. The second-order valence-corrected chi connectivity index (χ2v) is 4.67. The molecule has 0 atom stereocenters. The van der Waals surface area contributed by atoms with E-state index in [9.17, 15) is 4.79 Å². The lowest BCUT2D eigenvalue weighted by Gasteiger charge is -2.07. The molecule has 0 saturated carbocycles. The fourth-order valence-electron chi connectivity index (χ4n) is 1.83. The average molecular weight is 275 g/mol. The number of aromatic nitrogens is 1. The van der Waals surface area contributed by atoms with E-state index in [1.165, 1.54) is 11.1 Å². The Balaban J connectivity index is 1.92. The van der Waals surface area contributed by atoms with Crippen molar-refractivity contribution >= 4 is 23.2 Å². The van der Waals surface area contributed by atoms with E-state index in [0.29, 0.717) is 17.3 Å². The highest BCUT2D eigenvalue weighted by Crippen LogP contribution is 2.18. The van der Waals surface area contributed by atoms with Crippen molar-refractivity contribution in [1.82, 2.24) is 4.98 Å². The Morgan fingerprint density at radius 1 is 1.26 bits per heavy atom. The van der Waals surface area contributed by atoms with Crippen LogP contribution in [0.25, 0.3) is 0 Å². The molecule has 1 aromatic heterocycles. The number of amides is 1. The second-order valence-electron chi connectivity index (χ2n) is 4.32. The van der Waals surface area contributed by atoms with E-state index in [2.05, 4.69) is 10.3 Å². The Hall–Kier alpha value is -1.87. The summed E-state index contributed by atoms with van der Waals surface area (Å²) in [6.45, 7) is 2.05. The summed E-state index contributed by atoms with van der Waals surface area (Å²) in [5.41, 5.74) is 2.95. The summed E-state index contributed by atoms with van der Waals surface area (Å²) < 4.78 is 0. The Bertz CT molecular complexity index is 584. The van der Waals surface area contributed by atoms with Crippen LogP contribution < -0.4 is 5.32 Å². The number of carbonyl (C=O) groups excluding carboxylic acids is 1. The number of hydrogen-bond acceptors (Lipinski definition) is 2. The third kappa shape index (κ3) is 3.80. The Morgan fingerprint density at radius 2 is 2.05 bits per heavy atom. The minimum absolute atomic E-state index is 0.0573. The highest BCUT2D eigenvalue weighted by atomic mass is 35.5. The van der Waals surface area contributed by atoms with Gasteiger partial charge in [0, 0.05) is 12.6 Å². The van der Waals surface area contributed by atoms with Crippen molar-refractivity contribution in [2.24, 2.45) is 0 Å². The quantitative estimate of drug-likeness (QED) is 0.866. The lowest BCUT2D eigenvalue weighted by molar-refractivity contribution is -0.116. The Morgan fingerprint density at radius 3 is 2.79 bits per heavy atom. The number of anilines is 1. The number of nitrogens with zero attached hydrogens (tertiary/aromatic N) is 1. The number of pyridine rings is 1. The molecule has 0 aliphatic carbocycles. The smallest absolute Gasteiger partial charge is 0.224 e. The molecule has 2 rings (SSSR count). The van der Waals surface area contributed by atoms with E-state index in [4.69, 9.17) is 11.6 Å². The first kappa shape index (κ1) is 13.6. The van der Waals surface area contributed by atoms with Crippen LogP contribution in [0.15, 0.2) is 42.6 Å². The first-order valence-electron chi connectivity index (χ1n) is 6.11. The first-order chi connectivity index (χ1) is 9.16. The fourth-order valence-corrected chi connectivity index (χ4v) is 2.00. The molecular formula is C15H15ClN2O. The first-order valence-corrected chi connectivity index (χ1v) is 6.49. The minimum Gasteiger partial charge on any atom is -0.323 e. The standard InChI is InChI=1S/C15H15ClN2O/c1-11-5-2-3-6-12(11)8-9-14(19)18-13-7-4-10-17-15(13)16/h2-7,10H,8-9H2,1H3,(H,18,19). The van der Waals surface area contributed by atoms with Crippen molar-refractivity contribution in [3.63, 3.8) is 0 Å². The molecule has 0 bridgehead atoms. The maximum atomic E-state index is 11.9. The molecule has 98 valence electrons. The van der Waals surface area contributed by atoms with Crippen LogP contribution in [0.3, 0.4) is 0 Å². The number of carbonyl (C=O) groups is 1. The molecule has 0 aliphatic heterocycles. The van der Waals surface area contributed by atoms with Gasteiger partial charge in [0.15, 0.2) is 5.15 Å². The van der Waals surface area contributed by atoms with Gasteiger partial charge in [0.05, 0.1) is 5.69 Å². The van der Waals surface area contributed by atoms with Gasteiger partial charge >= 0.3 is 0 Å². The number of hydrogen-bond donors (Lipinski definition) is 1. The van der Waals surface area contributed by atoms with Crippen molar-refractivity contribution in [3.8, 4) is 0 Å². The third-order valence-electron chi connectivity index (χ3n) is 2.92. The predicted octanol–water partition coefficient (Wildman–Crippen LogP) is 3.61. The molecule has 0 spiro atoms. The van der Waals surface area contributed by atoms with Gasteiger partial charge in [-0.15, -0.1) is 0 Å².